The van der Waals surface area contributed by atoms with Crippen molar-refractivity contribution < 1.29 is 121 Å². The minimum Gasteiger partial charge on any atom is -1.00 e. The fraction of sp³-hybridized carbons (Fsp3) is 0. The van der Waals surface area contributed by atoms with E-state index in [1.807, 2.05) is 0 Å². The Morgan fingerprint density at radius 2 is 1.00 bits per heavy atom. The molecule has 4 heavy (non-hydrogen) atoms. The molecule has 0 spiro atoms. The van der Waals surface area contributed by atoms with Crippen molar-refractivity contribution in [3.8, 4) is 0 Å². The molecule has 0 saturated heterocycles. The summed E-state index contributed by atoms with van der Waals surface area (Å²) in [5.41, 5.74) is 0. The average molecular weight is 368 g/mol. The fourth-order valence-electron chi connectivity index (χ4n) is 0. The maximum absolute atomic E-state index is 0. The molecule has 1 nitrogen and oxygen atoms in total. The summed E-state index contributed by atoms with van der Waals surface area (Å²) in [4.78, 5) is 0. The van der Waals surface area contributed by atoms with Gasteiger partial charge in [0, 0.05) is 44.8 Å². The summed E-state index contributed by atoms with van der Waals surface area (Å²) in [7, 11) is 0. The van der Waals surface area contributed by atoms with E-state index in [4.69, 9.17) is 0 Å². The smallest absolute Gasteiger partial charge is 1.00 e. The Morgan fingerprint density at radius 3 is 1.00 bits per heavy atom. The summed E-state index contributed by atoms with van der Waals surface area (Å²) in [5.74, 6) is 0. The van der Waals surface area contributed by atoms with Crippen molar-refractivity contribution >= 4 is 0 Å². The minimum atomic E-state index is 0. The molecule has 0 fully saturated rings. The quantitative estimate of drug-likeness (QED) is 0.395. The molecule has 32 valence electrons. The first kappa shape index (κ1) is 25.9. The summed E-state index contributed by atoms with van der Waals surface area (Å²) < 4.78 is 0. The first-order chi connectivity index (χ1) is 0. The van der Waals surface area contributed by atoms with Crippen LogP contribution in [0.15, 0.2) is 0 Å². The Labute approximate surface area is 117 Å². The maximum Gasteiger partial charge on any atom is 1.00 e. The predicted molar refractivity (Wildman–Crippen MR) is 4.73 cm³/mol. The topological polar surface area (TPSA) is 31.5 Å². The zero-order valence-corrected chi connectivity index (χ0v) is 11.3. The predicted octanol–water partition coefficient (Wildman–Crippen LogP) is -3.71. The van der Waals surface area contributed by atoms with Gasteiger partial charge in [-0.25, -0.2) is 0 Å². The minimum absolute atomic E-state index is 0. The SMILES string of the molecule is O.[Ag].[Ag].[Cs+].[H-]. The Morgan fingerprint density at radius 1 is 1.00 bits per heavy atom. The van der Waals surface area contributed by atoms with E-state index in [1.165, 1.54) is 0 Å². The van der Waals surface area contributed by atoms with Crippen molar-refractivity contribution in [2.24, 2.45) is 0 Å². The zero-order valence-electron chi connectivity index (χ0n) is 3.10. The first-order valence-electron chi connectivity index (χ1n) is 0. The van der Waals surface area contributed by atoms with Crippen LogP contribution in [0, 0.1) is 0 Å². The largest absolute Gasteiger partial charge is 1.00 e. The Hall–Kier alpha value is 3.49. The Bertz CT molecular complexity index is 9.61. The van der Waals surface area contributed by atoms with Crippen LogP contribution in [0.5, 0.6) is 0 Å². The van der Waals surface area contributed by atoms with Gasteiger partial charge < -0.3 is 6.90 Å². The maximum atomic E-state index is 0. The van der Waals surface area contributed by atoms with Crippen LogP contribution in [0.1, 0.15) is 1.43 Å². The molecule has 2 N–H and O–H groups in total. The fourth-order valence-corrected chi connectivity index (χ4v) is 0. The molecule has 0 amide bonds. The van der Waals surface area contributed by atoms with Gasteiger partial charge in [0.05, 0.1) is 0 Å². The van der Waals surface area contributed by atoms with Crippen molar-refractivity contribution in [1.29, 1.82) is 0 Å². The number of hydrogen-bond acceptors (Lipinski definition) is 0. The van der Waals surface area contributed by atoms with Crippen LogP contribution in [0.3, 0.4) is 0 Å². The normalized spacial score (nSPS) is 0. The molecule has 0 heterocycles. The molecule has 2 radical (unpaired) electrons. The van der Waals surface area contributed by atoms with Crippen molar-refractivity contribution in [3.63, 3.8) is 0 Å². The van der Waals surface area contributed by atoms with Crippen LogP contribution >= 0.6 is 0 Å². The van der Waals surface area contributed by atoms with Crippen LogP contribution in [-0.4, -0.2) is 5.48 Å². The Balaban J connectivity index is 0. The molecule has 0 aromatic rings. The summed E-state index contributed by atoms with van der Waals surface area (Å²) in [6.45, 7) is 0. The van der Waals surface area contributed by atoms with Gasteiger partial charge in [-0.05, 0) is 0 Å². The molecule has 0 aromatic carbocycles. The monoisotopic (exact) mass is 366 g/mol. The van der Waals surface area contributed by atoms with Gasteiger partial charge in [0.25, 0.3) is 0 Å². The van der Waals surface area contributed by atoms with Crippen LogP contribution in [0.4, 0.5) is 0 Å². The summed E-state index contributed by atoms with van der Waals surface area (Å²) in [6, 6.07) is 0. The van der Waals surface area contributed by atoms with E-state index in [0.29, 0.717) is 0 Å². The molecule has 0 bridgehead atoms. The standard InChI is InChI=1S/2Ag.Cs.H2O.H/h;;;1H2;/q;;+1;;-1. The molecule has 0 aliphatic rings. The van der Waals surface area contributed by atoms with E-state index in [-0.39, 0.29) is 121 Å². The second-order valence-corrected chi connectivity index (χ2v) is 0. The summed E-state index contributed by atoms with van der Waals surface area (Å²) >= 11 is 0. The van der Waals surface area contributed by atoms with Crippen molar-refractivity contribution in [3.05, 3.63) is 0 Å². The van der Waals surface area contributed by atoms with Crippen LogP contribution in [0.25, 0.3) is 0 Å². The third kappa shape index (κ3) is 9.09. The van der Waals surface area contributed by atoms with E-state index in [2.05, 4.69) is 0 Å². The van der Waals surface area contributed by atoms with Gasteiger partial charge in [-0.15, -0.1) is 0 Å². The molecule has 0 unspecified atom stereocenters. The zero-order chi connectivity index (χ0) is 0. The van der Waals surface area contributed by atoms with E-state index in [1.54, 1.807) is 0 Å². The molecule has 0 atom stereocenters. The van der Waals surface area contributed by atoms with Gasteiger partial charge in [-0.1, -0.05) is 0 Å². The van der Waals surface area contributed by atoms with Crippen LogP contribution < -0.4 is 68.9 Å². The molecule has 4 heteroatoms. The average Bonchev–Trinajstić information content (AvgIpc) is 0. The van der Waals surface area contributed by atoms with Gasteiger partial charge in [-0.2, -0.15) is 0 Å². The van der Waals surface area contributed by atoms with E-state index >= 15 is 0 Å². The molecule has 0 aliphatic heterocycles. The molecular weight excluding hydrogens is 365 g/mol. The molecule has 0 rings (SSSR count). The first-order valence-corrected chi connectivity index (χ1v) is 0. The van der Waals surface area contributed by atoms with Gasteiger partial charge in [0.15, 0.2) is 0 Å². The number of hydrogen-bond donors (Lipinski definition) is 0. The van der Waals surface area contributed by atoms with Crippen molar-refractivity contribution in [2.45, 2.75) is 0 Å². The Kier molecular flexibility index (Phi) is 104. The molecule has 0 aromatic heterocycles. The van der Waals surface area contributed by atoms with Gasteiger partial charge in [0.2, 0.25) is 0 Å². The third-order valence-corrected chi connectivity index (χ3v) is 0. The van der Waals surface area contributed by atoms with E-state index in [0.717, 1.165) is 0 Å². The van der Waals surface area contributed by atoms with Gasteiger partial charge in [-0.3, -0.25) is 0 Å². The van der Waals surface area contributed by atoms with Crippen LogP contribution in [0.2, 0.25) is 0 Å². The van der Waals surface area contributed by atoms with E-state index < -0.39 is 0 Å². The summed E-state index contributed by atoms with van der Waals surface area (Å²) in [5, 5.41) is 0. The van der Waals surface area contributed by atoms with E-state index in [9.17, 15) is 0 Å². The number of rotatable bonds is 0. The molecule has 0 saturated carbocycles. The molecular formula is H3Ag2CsO. The van der Waals surface area contributed by atoms with Crippen molar-refractivity contribution in [1.82, 2.24) is 0 Å². The second-order valence-electron chi connectivity index (χ2n) is 0. The third-order valence-electron chi connectivity index (χ3n) is 0. The van der Waals surface area contributed by atoms with Crippen LogP contribution in [-0.2, 0) is 44.8 Å². The second kappa shape index (κ2) is 16.1. The van der Waals surface area contributed by atoms with Gasteiger partial charge in [0.1, 0.15) is 0 Å². The van der Waals surface area contributed by atoms with Crippen molar-refractivity contribution in [2.75, 3.05) is 0 Å². The molecule has 0 aliphatic carbocycles. The van der Waals surface area contributed by atoms with Gasteiger partial charge >= 0.3 is 68.9 Å². The summed E-state index contributed by atoms with van der Waals surface area (Å²) in [6.07, 6.45) is 0.